The number of fused-ring (bicyclic) bond motifs is 1. The van der Waals surface area contributed by atoms with Gasteiger partial charge in [-0.05, 0) is 97.6 Å². The van der Waals surface area contributed by atoms with Gasteiger partial charge in [0.2, 0.25) is 0 Å². The van der Waals surface area contributed by atoms with Crippen molar-refractivity contribution < 1.29 is 23.7 Å². The second kappa shape index (κ2) is 13.9. The minimum absolute atomic E-state index is 0.0616. The summed E-state index contributed by atoms with van der Waals surface area (Å²) in [5.41, 5.74) is 4.26. The summed E-state index contributed by atoms with van der Waals surface area (Å²) < 4.78 is 25.8. The molecule has 45 heavy (non-hydrogen) atoms. The van der Waals surface area contributed by atoms with E-state index in [0.29, 0.717) is 50.0 Å². The molecule has 0 bridgehead atoms. The fourth-order valence-corrected chi connectivity index (χ4v) is 6.71. The molecule has 0 saturated heterocycles. The summed E-state index contributed by atoms with van der Waals surface area (Å²) in [5, 5.41) is 0. The van der Waals surface area contributed by atoms with E-state index in [9.17, 15) is 9.59 Å². The molecule has 3 aromatic carbocycles. The molecule has 4 aromatic rings. The average Bonchev–Trinajstić information content (AvgIpc) is 3.29. The van der Waals surface area contributed by atoms with Crippen molar-refractivity contribution in [2.24, 2.45) is 4.99 Å². The van der Waals surface area contributed by atoms with E-state index >= 15 is 0 Å². The lowest BCUT2D eigenvalue weighted by Gasteiger charge is -2.25. The number of aryl methyl sites for hydroxylation is 1. The predicted octanol–water partition coefficient (Wildman–Crippen LogP) is 6.24. The minimum atomic E-state index is -0.770. The molecule has 1 aliphatic heterocycles. The minimum Gasteiger partial charge on any atom is -0.493 e. The number of rotatable bonds is 10. The summed E-state index contributed by atoms with van der Waals surface area (Å²) in [5.74, 6) is 1.24. The first-order valence-corrected chi connectivity index (χ1v) is 16.2. The van der Waals surface area contributed by atoms with Crippen LogP contribution in [0.4, 0.5) is 0 Å². The molecule has 2 heterocycles. The molecule has 0 radical (unpaired) electrons. The van der Waals surface area contributed by atoms with E-state index < -0.39 is 12.0 Å². The van der Waals surface area contributed by atoms with E-state index in [1.807, 2.05) is 56.3 Å². The lowest BCUT2D eigenvalue weighted by Crippen LogP contribution is -2.40. The first-order chi connectivity index (χ1) is 21.6. The van der Waals surface area contributed by atoms with Crippen LogP contribution in [0.25, 0.3) is 6.08 Å². The van der Waals surface area contributed by atoms with Gasteiger partial charge in [-0.1, -0.05) is 53.3 Å². The normalized spacial score (nSPS) is 14.7. The van der Waals surface area contributed by atoms with Crippen LogP contribution >= 0.6 is 27.3 Å². The van der Waals surface area contributed by atoms with Gasteiger partial charge in [0.15, 0.2) is 16.3 Å². The van der Waals surface area contributed by atoms with Gasteiger partial charge < -0.3 is 18.9 Å². The summed E-state index contributed by atoms with van der Waals surface area (Å²) >= 11 is 4.89. The Bertz CT molecular complexity index is 1960. The summed E-state index contributed by atoms with van der Waals surface area (Å²) in [6.45, 7) is 10.1. The molecule has 0 fully saturated rings. The van der Waals surface area contributed by atoms with E-state index in [1.54, 1.807) is 37.7 Å². The second-order valence-electron chi connectivity index (χ2n) is 10.8. The van der Waals surface area contributed by atoms with Gasteiger partial charge in [-0.2, -0.15) is 0 Å². The predicted molar refractivity (Wildman–Crippen MR) is 179 cm³/mol. The van der Waals surface area contributed by atoms with Crippen molar-refractivity contribution in [3.8, 4) is 17.2 Å². The zero-order chi connectivity index (χ0) is 32.2. The molecule has 10 heteroatoms. The zero-order valence-corrected chi connectivity index (χ0v) is 28.5. The third kappa shape index (κ3) is 7.07. The average molecular weight is 692 g/mol. The van der Waals surface area contributed by atoms with Crippen LogP contribution in [-0.4, -0.2) is 30.4 Å². The topological polar surface area (TPSA) is 88.4 Å². The number of ether oxygens (including phenoxy) is 4. The van der Waals surface area contributed by atoms with Crippen LogP contribution in [0.3, 0.4) is 0 Å². The fraction of sp³-hybridized carbons (Fsp3) is 0.286. The number of carbonyl (C=O) groups excluding carboxylic acids is 1. The zero-order valence-electron chi connectivity index (χ0n) is 26.0. The van der Waals surface area contributed by atoms with Crippen LogP contribution < -0.4 is 29.1 Å². The van der Waals surface area contributed by atoms with Gasteiger partial charge in [0.1, 0.15) is 12.4 Å². The quantitative estimate of drug-likeness (QED) is 0.183. The SMILES string of the molecule is CCOC(=O)C1=C(C)N=c2s/c(=C\c3ccc(OCc4cccc(C)c4)c(Br)c3)c(=O)n2[C@@H]1c1ccc(OC(C)C)c(OC)c1. The highest BCUT2D eigenvalue weighted by Crippen LogP contribution is 2.36. The molecule has 0 unspecified atom stereocenters. The summed E-state index contributed by atoms with van der Waals surface area (Å²) in [4.78, 5) is 32.5. The molecular formula is C35H35BrN2O6S. The number of aromatic nitrogens is 1. The van der Waals surface area contributed by atoms with Gasteiger partial charge in [-0.25, -0.2) is 9.79 Å². The van der Waals surface area contributed by atoms with Crippen LogP contribution in [0, 0.1) is 6.92 Å². The number of benzene rings is 3. The third-order valence-electron chi connectivity index (χ3n) is 7.11. The van der Waals surface area contributed by atoms with Crippen molar-refractivity contribution in [2.45, 2.75) is 53.4 Å². The number of hydrogen-bond acceptors (Lipinski definition) is 8. The molecule has 5 rings (SSSR count). The van der Waals surface area contributed by atoms with E-state index in [2.05, 4.69) is 40.0 Å². The second-order valence-corrected chi connectivity index (χ2v) is 12.7. The molecule has 0 aliphatic carbocycles. The molecule has 0 amide bonds. The van der Waals surface area contributed by atoms with E-state index in [4.69, 9.17) is 18.9 Å². The Kier molecular flexibility index (Phi) is 9.94. The van der Waals surface area contributed by atoms with Crippen LogP contribution in [0.5, 0.6) is 17.2 Å². The first-order valence-electron chi connectivity index (χ1n) is 14.6. The Morgan fingerprint density at radius 2 is 1.84 bits per heavy atom. The van der Waals surface area contributed by atoms with Crippen molar-refractivity contribution in [2.75, 3.05) is 13.7 Å². The standard InChI is InChI=1S/C35H35BrN2O6S/c1-7-42-34(40)31-22(5)37-35-38(32(31)25-12-14-28(44-20(2)3)29(18-25)41-6)33(39)30(45-35)17-23-11-13-27(26(36)16-23)43-19-24-10-8-9-21(4)15-24/h8-18,20,32H,7,19H2,1-6H3/b30-17-/t32-/m1/s1. The Balaban J connectivity index is 1.55. The van der Waals surface area contributed by atoms with E-state index in [-0.39, 0.29) is 18.3 Å². The number of allylic oxidation sites excluding steroid dienone is 1. The number of hydrogen-bond donors (Lipinski definition) is 0. The Morgan fingerprint density at radius 3 is 2.53 bits per heavy atom. The molecule has 0 N–H and O–H groups in total. The largest absolute Gasteiger partial charge is 0.493 e. The summed E-state index contributed by atoms with van der Waals surface area (Å²) in [6.07, 6.45) is 1.76. The molecular weight excluding hydrogens is 656 g/mol. The van der Waals surface area contributed by atoms with Crippen molar-refractivity contribution in [3.05, 3.63) is 118 Å². The van der Waals surface area contributed by atoms with Crippen LogP contribution in [0.1, 0.15) is 56.0 Å². The number of nitrogens with zero attached hydrogens (tertiary/aromatic N) is 2. The maximum absolute atomic E-state index is 14.1. The Morgan fingerprint density at radius 1 is 1.07 bits per heavy atom. The molecule has 8 nitrogen and oxygen atoms in total. The lowest BCUT2D eigenvalue weighted by atomic mass is 9.95. The van der Waals surface area contributed by atoms with Crippen molar-refractivity contribution in [3.63, 3.8) is 0 Å². The first kappa shape index (κ1) is 32.2. The maximum Gasteiger partial charge on any atom is 0.338 e. The molecule has 0 saturated carbocycles. The maximum atomic E-state index is 14.1. The lowest BCUT2D eigenvalue weighted by molar-refractivity contribution is -0.139. The van der Waals surface area contributed by atoms with Gasteiger partial charge in [0.25, 0.3) is 5.56 Å². The molecule has 1 atom stereocenters. The van der Waals surface area contributed by atoms with E-state index in [1.165, 1.54) is 16.9 Å². The van der Waals surface area contributed by atoms with Crippen molar-refractivity contribution in [1.82, 2.24) is 4.57 Å². The highest BCUT2D eigenvalue weighted by atomic mass is 79.9. The van der Waals surface area contributed by atoms with Gasteiger partial charge >= 0.3 is 5.97 Å². The van der Waals surface area contributed by atoms with Crippen LogP contribution in [0.2, 0.25) is 0 Å². The number of halogens is 1. The number of thiazole rings is 1. The van der Waals surface area contributed by atoms with Gasteiger partial charge in [-0.3, -0.25) is 9.36 Å². The molecule has 234 valence electrons. The van der Waals surface area contributed by atoms with Gasteiger partial charge in [0.05, 0.1) is 46.1 Å². The smallest absolute Gasteiger partial charge is 0.338 e. The van der Waals surface area contributed by atoms with Crippen molar-refractivity contribution >= 4 is 39.3 Å². The number of carbonyl (C=O) groups is 1. The Labute approximate surface area is 274 Å². The van der Waals surface area contributed by atoms with Gasteiger partial charge in [0, 0.05) is 0 Å². The molecule has 0 spiro atoms. The van der Waals surface area contributed by atoms with Crippen LogP contribution in [-0.2, 0) is 16.1 Å². The molecule has 1 aliphatic rings. The van der Waals surface area contributed by atoms with E-state index in [0.717, 1.165) is 15.6 Å². The third-order valence-corrected chi connectivity index (χ3v) is 8.72. The highest BCUT2D eigenvalue weighted by Gasteiger charge is 2.34. The fourth-order valence-electron chi connectivity index (χ4n) is 5.15. The summed E-state index contributed by atoms with van der Waals surface area (Å²) in [7, 11) is 1.56. The number of methoxy groups -OCH3 is 1. The summed E-state index contributed by atoms with van der Waals surface area (Å²) in [6, 6.07) is 18.5. The number of esters is 1. The molecule has 1 aromatic heterocycles. The van der Waals surface area contributed by atoms with Crippen molar-refractivity contribution in [1.29, 1.82) is 0 Å². The highest BCUT2D eigenvalue weighted by molar-refractivity contribution is 9.10. The Hall–Kier alpha value is -4.15. The van der Waals surface area contributed by atoms with Gasteiger partial charge in [-0.15, -0.1) is 0 Å². The van der Waals surface area contributed by atoms with Crippen LogP contribution in [0.15, 0.2) is 86.2 Å². The monoisotopic (exact) mass is 690 g/mol.